The lowest BCUT2D eigenvalue weighted by atomic mass is 10.3. The van der Waals surface area contributed by atoms with Gasteiger partial charge in [0.05, 0.1) is 11.2 Å². The molecule has 4 heterocycles. The zero-order chi connectivity index (χ0) is 23.3. The van der Waals surface area contributed by atoms with Crippen LogP contribution in [0.1, 0.15) is 16.9 Å². The molecule has 13 heteroatoms. The van der Waals surface area contributed by atoms with Gasteiger partial charge in [-0.3, -0.25) is 4.79 Å². The topological polar surface area (TPSA) is 99.0 Å². The standard InChI is InChI=1S/C17H18ClN5OS.C2HF3O2/c18-16-13(6-11-25-16)20-17(24)14-4-2-12-3-5-15(21-23(12)14)22-9-1-7-19-8-10-22;3-2(4,5)1(6)7/h2-6,11,19H,1,7-10H2,(H,20,24);(H,6,7). The van der Waals surface area contributed by atoms with Gasteiger partial charge in [-0.1, -0.05) is 11.6 Å². The van der Waals surface area contributed by atoms with Crippen LogP contribution in [-0.4, -0.2) is 59.0 Å². The summed E-state index contributed by atoms with van der Waals surface area (Å²) in [5.41, 5.74) is 2.01. The Balaban J connectivity index is 0.000000360. The van der Waals surface area contributed by atoms with Crippen LogP contribution in [0, 0.1) is 0 Å². The second-order valence-corrected chi connectivity index (χ2v) is 8.22. The van der Waals surface area contributed by atoms with Gasteiger partial charge in [0.1, 0.15) is 15.8 Å². The predicted molar refractivity (Wildman–Crippen MR) is 116 cm³/mol. The molecule has 3 aromatic rings. The van der Waals surface area contributed by atoms with Gasteiger partial charge in [-0.25, -0.2) is 9.31 Å². The number of halogens is 4. The minimum Gasteiger partial charge on any atom is -0.475 e. The third-order valence-corrected chi connectivity index (χ3v) is 5.67. The number of fused-ring (bicyclic) bond motifs is 1. The number of rotatable bonds is 3. The number of aliphatic carboxylic acids is 1. The summed E-state index contributed by atoms with van der Waals surface area (Å²) in [4.78, 5) is 23.8. The molecule has 32 heavy (non-hydrogen) atoms. The zero-order valence-electron chi connectivity index (χ0n) is 16.5. The number of carbonyl (C=O) groups is 2. The van der Waals surface area contributed by atoms with Gasteiger partial charge in [-0.2, -0.15) is 13.2 Å². The van der Waals surface area contributed by atoms with Gasteiger partial charge in [0, 0.05) is 19.6 Å². The summed E-state index contributed by atoms with van der Waals surface area (Å²) >= 11 is 7.46. The lowest BCUT2D eigenvalue weighted by molar-refractivity contribution is -0.192. The number of nitrogens with zero attached hydrogens (tertiary/aromatic N) is 3. The van der Waals surface area contributed by atoms with Gasteiger partial charge >= 0.3 is 12.1 Å². The smallest absolute Gasteiger partial charge is 0.475 e. The average molecular weight is 490 g/mol. The summed E-state index contributed by atoms with van der Waals surface area (Å²) in [7, 11) is 0. The molecule has 172 valence electrons. The van der Waals surface area contributed by atoms with Crippen molar-refractivity contribution in [1.82, 2.24) is 14.9 Å². The van der Waals surface area contributed by atoms with Crippen molar-refractivity contribution in [3.8, 4) is 0 Å². The van der Waals surface area contributed by atoms with E-state index in [4.69, 9.17) is 26.6 Å². The van der Waals surface area contributed by atoms with Gasteiger partial charge in [-0.15, -0.1) is 16.4 Å². The Kier molecular flexibility index (Phi) is 7.59. The molecule has 4 rings (SSSR count). The Morgan fingerprint density at radius 2 is 1.88 bits per heavy atom. The van der Waals surface area contributed by atoms with E-state index in [0.29, 0.717) is 15.7 Å². The normalized spacial score (nSPS) is 14.4. The van der Waals surface area contributed by atoms with Crippen LogP contribution >= 0.6 is 22.9 Å². The maximum atomic E-state index is 12.6. The van der Waals surface area contributed by atoms with E-state index < -0.39 is 12.1 Å². The van der Waals surface area contributed by atoms with Crippen LogP contribution in [0.15, 0.2) is 35.7 Å². The lowest BCUT2D eigenvalue weighted by Crippen LogP contribution is -2.29. The molecule has 0 spiro atoms. The number of carbonyl (C=O) groups excluding carboxylic acids is 1. The fraction of sp³-hybridized carbons (Fsp3) is 0.316. The number of amides is 1. The molecule has 3 N–H and O–H groups in total. The van der Waals surface area contributed by atoms with Gasteiger partial charge < -0.3 is 20.6 Å². The number of nitrogens with one attached hydrogen (secondary N) is 2. The number of hydrogen-bond acceptors (Lipinski definition) is 6. The Morgan fingerprint density at radius 3 is 2.53 bits per heavy atom. The van der Waals surface area contributed by atoms with Crippen LogP contribution in [0.4, 0.5) is 24.7 Å². The summed E-state index contributed by atoms with van der Waals surface area (Å²) in [5, 5.41) is 19.9. The van der Waals surface area contributed by atoms with Crippen LogP contribution in [-0.2, 0) is 4.79 Å². The van der Waals surface area contributed by atoms with Gasteiger partial charge in [-0.05, 0) is 48.7 Å². The van der Waals surface area contributed by atoms with Crippen molar-refractivity contribution in [2.45, 2.75) is 12.6 Å². The van der Waals surface area contributed by atoms with E-state index in [0.717, 1.165) is 43.9 Å². The maximum absolute atomic E-state index is 12.6. The zero-order valence-corrected chi connectivity index (χ0v) is 18.1. The van der Waals surface area contributed by atoms with Gasteiger partial charge in [0.2, 0.25) is 0 Å². The molecule has 1 fully saturated rings. The number of aromatic nitrogens is 2. The third kappa shape index (κ3) is 5.90. The van der Waals surface area contributed by atoms with Crippen LogP contribution in [0.2, 0.25) is 4.34 Å². The number of alkyl halides is 3. The maximum Gasteiger partial charge on any atom is 0.490 e. The molecule has 1 aliphatic rings. The molecule has 0 radical (unpaired) electrons. The highest BCUT2D eigenvalue weighted by molar-refractivity contribution is 7.15. The minimum absolute atomic E-state index is 0.220. The summed E-state index contributed by atoms with van der Waals surface area (Å²) in [5.74, 6) is -2.09. The molecule has 3 aromatic heterocycles. The van der Waals surface area contributed by atoms with E-state index in [-0.39, 0.29) is 5.91 Å². The molecule has 0 saturated carbocycles. The lowest BCUT2D eigenvalue weighted by Gasteiger charge is -2.21. The highest BCUT2D eigenvalue weighted by atomic mass is 35.5. The first-order chi connectivity index (χ1) is 15.2. The van der Waals surface area contributed by atoms with Crippen LogP contribution in [0.5, 0.6) is 0 Å². The molecule has 1 saturated heterocycles. The van der Waals surface area contributed by atoms with E-state index in [1.807, 2.05) is 23.6 Å². The van der Waals surface area contributed by atoms with E-state index in [1.54, 1.807) is 16.6 Å². The average Bonchev–Trinajstić information content (AvgIpc) is 3.23. The number of carboxylic acid groups (broad SMARTS) is 1. The second-order valence-electron chi connectivity index (χ2n) is 6.70. The van der Waals surface area contributed by atoms with Crippen molar-refractivity contribution in [2.75, 3.05) is 36.4 Å². The van der Waals surface area contributed by atoms with Crippen LogP contribution in [0.3, 0.4) is 0 Å². The van der Waals surface area contributed by atoms with Gasteiger partial charge in [0.15, 0.2) is 0 Å². The Morgan fingerprint density at radius 1 is 1.16 bits per heavy atom. The van der Waals surface area contributed by atoms with E-state index >= 15 is 0 Å². The molecule has 0 unspecified atom stereocenters. The molecular formula is C19H19ClF3N5O3S. The van der Waals surface area contributed by atoms with Crippen molar-refractivity contribution in [3.05, 3.63) is 45.7 Å². The first-order valence-electron chi connectivity index (χ1n) is 9.45. The van der Waals surface area contributed by atoms with E-state index in [1.165, 1.54) is 11.3 Å². The monoisotopic (exact) mass is 489 g/mol. The fourth-order valence-corrected chi connectivity index (χ4v) is 3.80. The van der Waals surface area contributed by atoms with Gasteiger partial charge in [0.25, 0.3) is 5.91 Å². The highest BCUT2D eigenvalue weighted by Gasteiger charge is 2.38. The molecule has 0 aliphatic carbocycles. The first kappa shape index (κ1) is 23.8. The molecule has 8 nitrogen and oxygen atoms in total. The summed E-state index contributed by atoms with van der Waals surface area (Å²) in [6.07, 6.45) is -4.00. The fourth-order valence-electron chi connectivity index (χ4n) is 2.96. The van der Waals surface area contributed by atoms with Crippen LogP contribution < -0.4 is 15.5 Å². The Labute approximate surface area is 189 Å². The number of thiophene rings is 1. The molecule has 1 aliphatic heterocycles. The van der Waals surface area contributed by atoms with Crippen molar-refractivity contribution in [3.63, 3.8) is 0 Å². The van der Waals surface area contributed by atoms with Crippen molar-refractivity contribution < 1.29 is 27.9 Å². The second kappa shape index (κ2) is 10.2. The minimum atomic E-state index is -5.08. The van der Waals surface area contributed by atoms with Crippen molar-refractivity contribution in [2.24, 2.45) is 0 Å². The number of hydrogen-bond donors (Lipinski definition) is 3. The Bertz CT molecular complexity index is 1090. The Hall–Kier alpha value is -2.83. The summed E-state index contributed by atoms with van der Waals surface area (Å²) < 4.78 is 34.0. The molecular weight excluding hydrogens is 471 g/mol. The van der Waals surface area contributed by atoms with Crippen LogP contribution in [0.25, 0.3) is 5.52 Å². The number of carboxylic acids is 1. The molecule has 0 atom stereocenters. The molecule has 0 aromatic carbocycles. The quantitative estimate of drug-likeness (QED) is 0.518. The van der Waals surface area contributed by atoms with E-state index in [9.17, 15) is 18.0 Å². The first-order valence-corrected chi connectivity index (χ1v) is 10.7. The van der Waals surface area contributed by atoms with Crippen molar-refractivity contribution in [1.29, 1.82) is 0 Å². The van der Waals surface area contributed by atoms with Crippen molar-refractivity contribution >= 4 is 51.8 Å². The molecule has 1 amide bonds. The summed E-state index contributed by atoms with van der Waals surface area (Å²) in [6.45, 7) is 3.83. The largest absolute Gasteiger partial charge is 0.490 e. The summed E-state index contributed by atoms with van der Waals surface area (Å²) in [6, 6.07) is 9.48. The molecule has 0 bridgehead atoms. The predicted octanol–water partition coefficient (Wildman–Crippen LogP) is 3.73. The SMILES string of the molecule is O=C(Nc1ccsc1Cl)c1ccc2ccc(N3CCCNCC3)nn12.O=C(O)C(F)(F)F. The van der Waals surface area contributed by atoms with E-state index in [2.05, 4.69) is 15.5 Å². The third-order valence-electron chi connectivity index (χ3n) is 4.50. The number of anilines is 2. The highest BCUT2D eigenvalue weighted by Crippen LogP contribution is 2.28.